The molecule has 1 aliphatic carbocycles. The van der Waals surface area contributed by atoms with Gasteiger partial charge in [-0.15, -0.1) is 0 Å². The van der Waals surface area contributed by atoms with Crippen LogP contribution in [0.1, 0.15) is 53.7 Å². The standard InChI is InChI=1S/C27H24F3N3O5/c1-2-38-23-13-21(33-26(36)37)20(12-19(23)27(28,29)30)32-24(35)14-22(34)17-6-3-5-16(11-17)18-7-4-10-31-25(18)15-8-9-15/h3-7,10-13,15,33H,2,8-9,14H2,1H3,(H,32,35)(H,36,37). The van der Waals surface area contributed by atoms with E-state index in [-0.39, 0.29) is 17.9 Å². The molecule has 8 nitrogen and oxygen atoms in total. The lowest BCUT2D eigenvalue weighted by Crippen LogP contribution is -2.20. The van der Waals surface area contributed by atoms with Gasteiger partial charge < -0.3 is 15.2 Å². The number of ether oxygens (including phenoxy) is 1. The quantitative estimate of drug-likeness (QED) is 0.221. The Morgan fingerprint density at radius 2 is 1.79 bits per heavy atom. The highest BCUT2D eigenvalue weighted by atomic mass is 19.4. The van der Waals surface area contributed by atoms with Crippen molar-refractivity contribution in [2.45, 2.75) is 38.3 Å². The molecule has 198 valence electrons. The van der Waals surface area contributed by atoms with Crippen molar-refractivity contribution in [1.29, 1.82) is 0 Å². The monoisotopic (exact) mass is 527 g/mol. The second kappa shape index (κ2) is 10.9. The number of carbonyl (C=O) groups excluding carboxylic acids is 2. The van der Waals surface area contributed by atoms with Gasteiger partial charge in [0, 0.05) is 29.3 Å². The van der Waals surface area contributed by atoms with Gasteiger partial charge in [-0.05, 0) is 43.5 Å². The van der Waals surface area contributed by atoms with Crippen LogP contribution in [0.4, 0.5) is 29.3 Å². The number of hydrogen-bond acceptors (Lipinski definition) is 5. The smallest absolute Gasteiger partial charge is 0.420 e. The van der Waals surface area contributed by atoms with E-state index in [4.69, 9.17) is 9.84 Å². The zero-order chi connectivity index (χ0) is 27.4. The number of alkyl halides is 3. The van der Waals surface area contributed by atoms with Crippen LogP contribution in [0.25, 0.3) is 11.1 Å². The van der Waals surface area contributed by atoms with E-state index in [1.807, 2.05) is 17.4 Å². The highest BCUT2D eigenvalue weighted by Crippen LogP contribution is 2.43. The number of carboxylic acid groups (broad SMARTS) is 1. The summed E-state index contributed by atoms with van der Waals surface area (Å²) in [5.41, 5.74) is 0.861. The second-order valence-corrected chi connectivity index (χ2v) is 8.69. The lowest BCUT2D eigenvalue weighted by atomic mass is 9.97. The number of anilines is 2. The van der Waals surface area contributed by atoms with Gasteiger partial charge >= 0.3 is 12.3 Å². The number of halogens is 3. The maximum Gasteiger partial charge on any atom is 0.420 e. The fourth-order valence-corrected chi connectivity index (χ4v) is 4.04. The predicted octanol–water partition coefficient (Wildman–Crippen LogP) is 6.34. The van der Waals surface area contributed by atoms with E-state index in [1.165, 1.54) is 6.92 Å². The summed E-state index contributed by atoms with van der Waals surface area (Å²) in [6.07, 6.45) is -3.27. The molecule has 11 heteroatoms. The van der Waals surface area contributed by atoms with Crippen LogP contribution in [0.15, 0.2) is 54.7 Å². The first-order valence-electron chi connectivity index (χ1n) is 11.8. The minimum atomic E-state index is -4.84. The Morgan fingerprint density at radius 1 is 1.05 bits per heavy atom. The van der Waals surface area contributed by atoms with Crippen LogP contribution in [-0.4, -0.2) is 34.5 Å². The third-order valence-corrected chi connectivity index (χ3v) is 5.86. The molecule has 0 saturated heterocycles. The summed E-state index contributed by atoms with van der Waals surface area (Å²) in [7, 11) is 0. The molecule has 1 fully saturated rings. The number of benzene rings is 2. The molecule has 1 aliphatic rings. The van der Waals surface area contributed by atoms with Crippen LogP contribution >= 0.6 is 0 Å². The van der Waals surface area contributed by atoms with Crippen molar-refractivity contribution >= 4 is 29.2 Å². The molecule has 38 heavy (non-hydrogen) atoms. The maximum atomic E-state index is 13.6. The van der Waals surface area contributed by atoms with Crippen LogP contribution in [0.3, 0.4) is 0 Å². The number of Topliss-reactive ketones (excluding diaryl/α,β-unsaturated/α-hetero) is 1. The number of ketones is 1. The summed E-state index contributed by atoms with van der Waals surface area (Å²) in [4.78, 5) is 41.3. The number of hydrogen-bond donors (Lipinski definition) is 3. The van der Waals surface area contributed by atoms with Gasteiger partial charge in [0.1, 0.15) is 5.75 Å². The Hall–Kier alpha value is -4.41. The van der Waals surface area contributed by atoms with Gasteiger partial charge in [-0.3, -0.25) is 19.9 Å². The van der Waals surface area contributed by atoms with E-state index >= 15 is 0 Å². The van der Waals surface area contributed by atoms with Crippen LogP contribution < -0.4 is 15.4 Å². The molecule has 4 rings (SSSR count). The molecule has 0 bridgehead atoms. The Balaban J connectivity index is 1.56. The van der Waals surface area contributed by atoms with Crippen LogP contribution in [-0.2, 0) is 11.0 Å². The van der Waals surface area contributed by atoms with Crippen molar-refractivity contribution in [1.82, 2.24) is 4.98 Å². The molecule has 3 N–H and O–H groups in total. The largest absolute Gasteiger partial charge is 0.493 e. The third kappa shape index (κ3) is 6.28. The Bertz CT molecular complexity index is 1390. The van der Waals surface area contributed by atoms with Crippen LogP contribution in [0, 0.1) is 0 Å². The first-order valence-corrected chi connectivity index (χ1v) is 11.8. The van der Waals surface area contributed by atoms with E-state index < -0.39 is 47.4 Å². The molecule has 0 unspecified atom stereocenters. The second-order valence-electron chi connectivity index (χ2n) is 8.69. The summed E-state index contributed by atoms with van der Waals surface area (Å²) in [5, 5.41) is 13.3. The highest BCUT2D eigenvalue weighted by molar-refractivity contribution is 6.12. The van der Waals surface area contributed by atoms with Gasteiger partial charge in [0.15, 0.2) is 5.78 Å². The highest BCUT2D eigenvalue weighted by Gasteiger charge is 2.36. The molecule has 1 aromatic heterocycles. The molecule has 0 atom stereocenters. The zero-order valence-corrected chi connectivity index (χ0v) is 20.3. The molecule has 2 amide bonds. The van der Waals surface area contributed by atoms with Gasteiger partial charge in [-0.1, -0.05) is 24.3 Å². The number of rotatable bonds is 9. The number of carbonyl (C=O) groups is 3. The van der Waals surface area contributed by atoms with E-state index in [0.29, 0.717) is 12.0 Å². The van der Waals surface area contributed by atoms with Crippen molar-refractivity contribution in [2.75, 3.05) is 17.2 Å². The lowest BCUT2D eigenvalue weighted by molar-refractivity contribution is -0.138. The average Bonchev–Trinajstić information content (AvgIpc) is 3.70. The topological polar surface area (TPSA) is 118 Å². The Kier molecular flexibility index (Phi) is 7.65. The van der Waals surface area contributed by atoms with Crippen molar-refractivity contribution in [3.05, 3.63) is 71.5 Å². The number of pyridine rings is 1. The van der Waals surface area contributed by atoms with Gasteiger partial charge in [0.05, 0.1) is 35.7 Å². The number of nitrogens with one attached hydrogen (secondary N) is 2. The Morgan fingerprint density at radius 3 is 2.45 bits per heavy atom. The van der Waals surface area contributed by atoms with E-state index in [9.17, 15) is 27.6 Å². The predicted molar refractivity (Wildman–Crippen MR) is 133 cm³/mol. The fraction of sp³-hybridized carbons (Fsp3) is 0.259. The first kappa shape index (κ1) is 26.6. The molecule has 2 aromatic carbocycles. The summed E-state index contributed by atoms with van der Waals surface area (Å²) >= 11 is 0. The van der Waals surface area contributed by atoms with Crippen molar-refractivity contribution in [3.63, 3.8) is 0 Å². The molecule has 0 spiro atoms. The van der Waals surface area contributed by atoms with Crippen molar-refractivity contribution in [2.24, 2.45) is 0 Å². The van der Waals surface area contributed by atoms with Crippen LogP contribution in [0.5, 0.6) is 5.75 Å². The summed E-state index contributed by atoms with van der Waals surface area (Å²) in [6, 6.07) is 11.8. The van der Waals surface area contributed by atoms with Crippen molar-refractivity contribution < 1.29 is 37.4 Å². The SMILES string of the molecule is CCOc1cc(NC(=O)O)c(NC(=O)CC(=O)c2cccc(-c3cccnc3C3CC3)c2)cc1C(F)(F)F. The Labute approximate surface area is 215 Å². The van der Waals surface area contributed by atoms with Gasteiger partial charge in [-0.2, -0.15) is 13.2 Å². The normalized spacial score (nSPS) is 13.1. The molecule has 1 saturated carbocycles. The zero-order valence-electron chi connectivity index (χ0n) is 20.3. The summed E-state index contributed by atoms with van der Waals surface area (Å²) in [6.45, 7) is 1.37. The van der Waals surface area contributed by atoms with Crippen molar-refractivity contribution in [3.8, 4) is 16.9 Å². The average molecular weight is 527 g/mol. The minimum absolute atomic E-state index is 0.101. The van der Waals surface area contributed by atoms with Gasteiger partial charge in [0.2, 0.25) is 5.91 Å². The maximum absolute atomic E-state index is 13.6. The molecular weight excluding hydrogens is 503 g/mol. The summed E-state index contributed by atoms with van der Waals surface area (Å²) in [5.74, 6) is -1.70. The molecule has 0 aliphatic heterocycles. The van der Waals surface area contributed by atoms with E-state index in [2.05, 4.69) is 10.3 Å². The van der Waals surface area contributed by atoms with E-state index in [0.717, 1.165) is 35.7 Å². The number of nitrogens with zero attached hydrogens (tertiary/aromatic N) is 1. The molecule has 1 heterocycles. The third-order valence-electron chi connectivity index (χ3n) is 5.86. The number of aromatic nitrogens is 1. The van der Waals surface area contributed by atoms with Gasteiger partial charge in [0.25, 0.3) is 0 Å². The first-order chi connectivity index (χ1) is 18.1. The van der Waals surface area contributed by atoms with E-state index in [1.54, 1.807) is 30.5 Å². The molecule has 3 aromatic rings. The van der Waals surface area contributed by atoms with Gasteiger partial charge in [-0.25, -0.2) is 4.79 Å². The lowest BCUT2D eigenvalue weighted by Gasteiger charge is -2.18. The van der Waals surface area contributed by atoms with Crippen LogP contribution in [0.2, 0.25) is 0 Å². The summed E-state index contributed by atoms with van der Waals surface area (Å²) < 4.78 is 45.8. The number of amides is 2. The fourth-order valence-electron chi connectivity index (χ4n) is 4.04. The molecular formula is C27H24F3N3O5. The molecule has 0 radical (unpaired) electrons. The minimum Gasteiger partial charge on any atom is -0.493 e.